The van der Waals surface area contributed by atoms with Gasteiger partial charge in [-0.2, -0.15) is 5.10 Å². The SMILES string of the molecule is Cc1cc(NC(=S)N/N=C/c2cccnc2)ccc1Br. The van der Waals surface area contributed by atoms with Crippen LogP contribution >= 0.6 is 28.1 Å². The Balaban J connectivity index is 1.89. The first-order chi connectivity index (χ1) is 9.65. The molecule has 0 aliphatic rings. The van der Waals surface area contributed by atoms with Gasteiger partial charge in [-0.05, 0) is 49.0 Å². The largest absolute Gasteiger partial charge is 0.331 e. The molecule has 0 saturated carbocycles. The van der Waals surface area contributed by atoms with Crippen LogP contribution in [-0.4, -0.2) is 16.3 Å². The van der Waals surface area contributed by atoms with Crippen LogP contribution in [0, 0.1) is 6.92 Å². The Bertz CT molecular complexity index is 628. The lowest BCUT2D eigenvalue weighted by Gasteiger charge is -2.08. The number of benzene rings is 1. The summed E-state index contributed by atoms with van der Waals surface area (Å²) in [5.74, 6) is 0. The number of hydrazone groups is 1. The van der Waals surface area contributed by atoms with Crippen molar-refractivity contribution in [2.24, 2.45) is 5.10 Å². The molecular weight excluding hydrogens is 336 g/mol. The molecule has 20 heavy (non-hydrogen) atoms. The molecule has 0 aliphatic carbocycles. The maximum absolute atomic E-state index is 5.16. The number of anilines is 1. The lowest BCUT2D eigenvalue weighted by Crippen LogP contribution is -2.23. The molecule has 102 valence electrons. The smallest absolute Gasteiger partial charge is 0.191 e. The Morgan fingerprint density at radius 1 is 1.40 bits per heavy atom. The van der Waals surface area contributed by atoms with Gasteiger partial charge in [0.05, 0.1) is 6.21 Å². The Morgan fingerprint density at radius 3 is 2.95 bits per heavy atom. The first-order valence-corrected chi connectivity index (χ1v) is 7.11. The van der Waals surface area contributed by atoms with Gasteiger partial charge >= 0.3 is 0 Å². The monoisotopic (exact) mass is 348 g/mol. The van der Waals surface area contributed by atoms with Crippen LogP contribution in [0.3, 0.4) is 0 Å². The molecule has 0 fully saturated rings. The number of aromatic nitrogens is 1. The topological polar surface area (TPSA) is 49.3 Å². The lowest BCUT2D eigenvalue weighted by molar-refractivity contribution is 1.05. The van der Waals surface area contributed by atoms with Crippen molar-refractivity contribution in [3.8, 4) is 0 Å². The Hall–Kier alpha value is -1.79. The number of nitrogens with zero attached hydrogens (tertiary/aromatic N) is 2. The lowest BCUT2D eigenvalue weighted by atomic mass is 10.2. The third kappa shape index (κ3) is 4.40. The molecule has 0 amide bonds. The van der Waals surface area contributed by atoms with Crippen LogP contribution in [0.4, 0.5) is 5.69 Å². The van der Waals surface area contributed by atoms with Crippen LogP contribution < -0.4 is 10.7 Å². The highest BCUT2D eigenvalue weighted by Gasteiger charge is 1.99. The third-order valence-electron chi connectivity index (χ3n) is 2.48. The van der Waals surface area contributed by atoms with Gasteiger partial charge in [0.1, 0.15) is 0 Å². The molecule has 0 spiro atoms. The zero-order valence-electron chi connectivity index (χ0n) is 10.8. The number of pyridine rings is 1. The molecule has 2 rings (SSSR count). The number of aryl methyl sites for hydroxylation is 1. The number of rotatable bonds is 3. The van der Waals surface area contributed by atoms with Crippen LogP contribution in [0.2, 0.25) is 0 Å². The van der Waals surface area contributed by atoms with Gasteiger partial charge in [0, 0.05) is 28.1 Å². The fraction of sp³-hybridized carbons (Fsp3) is 0.0714. The summed E-state index contributed by atoms with van der Waals surface area (Å²) in [5.41, 5.74) is 5.72. The summed E-state index contributed by atoms with van der Waals surface area (Å²) in [6.07, 6.45) is 5.10. The maximum Gasteiger partial charge on any atom is 0.191 e. The zero-order valence-corrected chi connectivity index (χ0v) is 13.2. The minimum atomic E-state index is 0.437. The number of hydrogen-bond donors (Lipinski definition) is 2. The van der Waals surface area contributed by atoms with Gasteiger partial charge in [0.2, 0.25) is 0 Å². The van der Waals surface area contributed by atoms with Gasteiger partial charge in [-0.1, -0.05) is 22.0 Å². The fourth-order valence-electron chi connectivity index (χ4n) is 1.50. The van der Waals surface area contributed by atoms with Crippen molar-refractivity contribution in [3.05, 3.63) is 58.3 Å². The summed E-state index contributed by atoms with van der Waals surface area (Å²) in [6.45, 7) is 2.02. The van der Waals surface area contributed by atoms with E-state index in [2.05, 4.69) is 36.8 Å². The van der Waals surface area contributed by atoms with Crippen molar-refractivity contribution < 1.29 is 0 Å². The van der Waals surface area contributed by atoms with E-state index in [-0.39, 0.29) is 0 Å². The highest BCUT2D eigenvalue weighted by molar-refractivity contribution is 9.10. The zero-order chi connectivity index (χ0) is 14.4. The summed E-state index contributed by atoms with van der Waals surface area (Å²) in [4.78, 5) is 4.00. The van der Waals surface area contributed by atoms with Crippen LogP contribution in [0.15, 0.2) is 52.3 Å². The van der Waals surface area contributed by atoms with E-state index in [0.717, 1.165) is 21.3 Å². The quantitative estimate of drug-likeness (QED) is 0.506. The molecule has 0 radical (unpaired) electrons. The van der Waals surface area contributed by atoms with E-state index in [4.69, 9.17) is 12.2 Å². The second-order valence-corrected chi connectivity index (χ2v) is 5.34. The molecule has 0 unspecified atom stereocenters. The van der Waals surface area contributed by atoms with Crippen molar-refractivity contribution >= 4 is 45.2 Å². The average molecular weight is 349 g/mol. The standard InChI is InChI=1S/C14H13BrN4S/c1-10-7-12(4-5-13(10)15)18-14(20)19-17-9-11-3-2-6-16-8-11/h2-9H,1H3,(H2,18,19,20)/b17-9+. The van der Waals surface area contributed by atoms with E-state index < -0.39 is 0 Å². The minimum absolute atomic E-state index is 0.437. The van der Waals surface area contributed by atoms with Crippen LogP contribution in [0.25, 0.3) is 0 Å². The minimum Gasteiger partial charge on any atom is -0.331 e. The number of thiocarbonyl (C=S) groups is 1. The first kappa shape index (κ1) is 14.6. The van der Waals surface area contributed by atoms with E-state index in [0.29, 0.717) is 5.11 Å². The maximum atomic E-state index is 5.16. The van der Waals surface area contributed by atoms with E-state index in [1.165, 1.54) is 0 Å². The van der Waals surface area contributed by atoms with E-state index in [9.17, 15) is 0 Å². The Morgan fingerprint density at radius 2 is 2.25 bits per heavy atom. The van der Waals surface area contributed by atoms with Crippen molar-refractivity contribution in [2.75, 3.05) is 5.32 Å². The molecule has 1 aromatic heterocycles. The molecule has 6 heteroatoms. The Kier molecular flexibility index (Phi) is 5.20. The van der Waals surface area contributed by atoms with Gasteiger partial charge < -0.3 is 5.32 Å². The molecule has 0 atom stereocenters. The molecule has 0 saturated heterocycles. The number of nitrogens with one attached hydrogen (secondary N) is 2. The second-order valence-electron chi connectivity index (χ2n) is 4.07. The molecule has 2 N–H and O–H groups in total. The van der Waals surface area contributed by atoms with E-state index in [1.54, 1.807) is 18.6 Å². The van der Waals surface area contributed by atoms with Gasteiger partial charge in [-0.15, -0.1) is 0 Å². The highest BCUT2D eigenvalue weighted by Crippen LogP contribution is 2.19. The summed E-state index contributed by atoms with van der Waals surface area (Å²) in [7, 11) is 0. The predicted molar refractivity (Wildman–Crippen MR) is 90.1 cm³/mol. The molecular formula is C14H13BrN4S. The Labute approximate surface area is 131 Å². The molecule has 1 heterocycles. The van der Waals surface area contributed by atoms with Crippen molar-refractivity contribution in [3.63, 3.8) is 0 Å². The van der Waals surface area contributed by atoms with Crippen molar-refractivity contribution in [1.29, 1.82) is 0 Å². The van der Waals surface area contributed by atoms with Gasteiger partial charge in [0.25, 0.3) is 0 Å². The van der Waals surface area contributed by atoms with E-state index in [1.807, 2.05) is 37.3 Å². The predicted octanol–water partition coefficient (Wildman–Crippen LogP) is 3.47. The van der Waals surface area contributed by atoms with Gasteiger partial charge in [0.15, 0.2) is 5.11 Å². The van der Waals surface area contributed by atoms with E-state index >= 15 is 0 Å². The van der Waals surface area contributed by atoms with Crippen molar-refractivity contribution in [1.82, 2.24) is 10.4 Å². The third-order valence-corrected chi connectivity index (χ3v) is 3.56. The van der Waals surface area contributed by atoms with Crippen LogP contribution in [-0.2, 0) is 0 Å². The summed E-state index contributed by atoms with van der Waals surface area (Å²) >= 11 is 8.62. The molecule has 0 aliphatic heterocycles. The normalized spacial score (nSPS) is 10.5. The average Bonchev–Trinajstić information content (AvgIpc) is 2.44. The second kappa shape index (κ2) is 7.12. The molecule has 0 bridgehead atoms. The van der Waals surface area contributed by atoms with Crippen LogP contribution in [0.5, 0.6) is 0 Å². The molecule has 2 aromatic rings. The summed E-state index contributed by atoms with van der Waals surface area (Å²) in [6, 6.07) is 9.67. The van der Waals surface area contributed by atoms with Crippen molar-refractivity contribution in [2.45, 2.75) is 6.92 Å². The number of hydrogen-bond acceptors (Lipinski definition) is 3. The summed E-state index contributed by atoms with van der Waals surface area (Å²) in [5, 5.41) is 7.55. The van der Waals surface area contributed by atoms with Gasteiger partial charge in [-0.25, -0.2) is 0 Å². The molecule has 1 aromatic carbocycles. The summed E-state index contributed by atoms with van der Waals surface area (Å²) < 4.78 is 1.07. The van der Waals surface area contributed by atoms with Gasteiger partial charge in [-0.3, -0.25) is 10.4 Å². The van der Waals surface area contributed by atoms with Crippen LogP contribution in [0.1, 0.15) is 11.1 Å². The fourth-order valence-corrected chi connectivity index (χ4v) is 1.92. The highest BCUT2D eigenvalue weighted by atomic mass is 79.9. The number of halogens is 1. The molecule has 4 nitrogen and oxygen atoms in total. The first-order valence-electron chi connectivity index (χ1n) is 5.91.